The first-order chi connectivity index (χ1) is 7.72. The van der Waals surface area contributed by atoms with E-state index in [2.05, 4.69) is 31.7 Å². The smallest absolute Gasteiger partial charge is 0.119 e. The SMILES string of the molecule is Cc1cccc(OCCCC[C@H](N)CS)c1. The first-order valence-corrected chi connectivity index (χ1v) is 6.41. The van der Waals surface area contributed by atoms with Gasteiger partial charge in [-0.1, -0.05) is 12.1 Å². The maximum atomic E-state index is 5.77. The van der Waals surface area contributed by atoms with Gasteiger partial charge in [-0.25, -0.2) is 0 Å². The van der Waals surface area contributed by atoms with Crippen LogP contribution < -0.4 is 10.5 Å². The molecule has 0 amide bonds. The molecular formula is C13H21NOS. The molecule has 16 heavy (non-hydrogen) atoms. The fraction of sp³-hybridized carbons (Fsp3) is 0.538. The minimum Gasteiger partial charge on any atom is -0.494 e. The Balaban J connectivity index is 2.12. The zero-order chi connectivity index (χ0) is 11.8. The van der Waals surface area contributed by atoms with Crippen LogP contribution in [0.3, 0.4) is 0 Å². The summed E-state index contributed by atoms with van der Waals surface area (Å²) in [6.07, 6.45) is 3.18. The predicted octanol–water partition coefficient (Wildman–Crippen LogP) is 2.80. The minimum absolute atomic E-state index is 0.224. The summed E-state index contributed by atoms with van der Waals surface area (Å²) in [6.45, 7) is 2.83. The molecule has 0 aromatic heterocycles. The lowest BCUT2D eigenvalue weighted by molar-refractivity contribution is 0.303. The zero-order valence-corrected chi connectivity index (χ0v) is 10.7. The molecule has 3 heteroatoms. The standard InChI is InChI=1S/C13H21NOS/c1-11-5-4-7-13(9-11)15-8-3-2-6-12(14)10-16/h4-5,7,9,12,16H,2-3,6,8,10,14H2,1H3/t12-/m0/s1. The Kier molecular flexibility index (Phi) is 6.34. The van der Waals surface area contributed by atoms with Gasteiger partial charge in [0.1, 0.15) is 5.75 Å². The topological polar surface area (TPSA) is 35.2 Å². The second-order valence-electron chi connectivity index (χ2n) is 4.10. The summed E-state index contributed by atoms with van der Waals surface area (Å²) in [4.78, 5) is 0. The van der Waals surface area contributed by atoms with Crippen molar-refractivity contribution in [2.75, 3.05) is 12.4 Å². The highest BCUT2D eigenvalue weighted by Gasteiger charge is 1.99. The Morgan fingerprint density at radius 1 is 1.38 bits per heavy atom. The monoisotopic (exact) mass is 239 g/mol. The van der Waals surface area contributed by atoms with Crippen LogP contribution in [-0.2, 0) is 0 Å². The van der Waals surface area contributed by atoms with Gasteiger partial charge in [0.15, 0.2) is 0 Å². The number of hydrogen-bond acceptors (Lipinski definition) is 3. The normalized spacial score (nSPS) is 12.4. The van der Waals surface area contributed by atoms with Crippen LogP contribution in [0.5, 0.6) is 5.75 Å². The molecule has 0 bridgehead atoms. The van der Waals surface area contributed by atoms with Crippen LogP contribution in [0.15, 0.2) is 24.3 Å². The van der Waals surface area contributed by atoms with Crippen molar-refractivity contribution in [1.29, 1.82) is 0 Å². The lowest BCUT2D eigenvalue weighted by atomic mass is 10.1. The Hall–Kier alpha value is -0.670. The van der Waals surface area contributed by atoms with Crippen LogP contribution in [0.1, 0.15) is 24.8 Å². The number of benzene rings is 1. The van der Waals surface area contributed by atoms with Crippen LogP contribution in [0, 0.1) is 6.92 Å². The van der Waals surface area contributed by atoms with E-state index >= 15 is 0 Å². The van der Waals surface area contributed by atoms with E-state index in [0.717, 1.165) is 37.4 Å². The quantitative estimate of drug-likeness (QED) is 0.567. The summed E-state index contributed by atoms with van der Waals surface area (Å²) in [7, 11) is 0. The highest BCUT2D eigenvalue weighted by molar-refractivity contribution is 7.80. The van der Waals surface area contributed by atoms with E-state index in [1.165, 1.54) is 5.56 Å². The number of thiol groups is 1. The number of ether oxygens (including phenoxy) is 1. The molecule has 0 fully saturated rings. The van der Waals surface area contributed by atoms with Gasteiger partial charge >= 0.3 is 0 Å². The molecule has 1 aromatic carbocycles. The van der Waals surface area contributed by atoms with Crippen LogP contribution in [0.2, 0.25) is 0 Å². The van der Waals surface area contributed by atoms with Gasteiger partial charge in [-0.05, 0) is 43.9 Å². The van der Waals surface area contributed by atoms with Gasteiger partial charge in [0.2, 0.25) is 0 Å². The molecule has 0 saturated heterocycles. The molecule has 90 valence electrons. The van der Waals surface area contributed by atoms with Crippen LogP contribution >= 0.6 is 12.6 Å². The van der Waals surface area contributed by atoms with Gasteiger partial charge in [-0.3, -0.25) is 0 Å². The number of nitrogens with two attached hydrogens (primary N) is 1. The lowest BCUT2D eigenvalue weighted by Gasteiger charge is -2.09. The molecule has 0 saturated carbocycles. The second kappa shape index (κ2) is 7.58. The van der Waals surface area contributed by atoms with Crippen LogP contribution in [0.4, 0.5) is 0 Å². The van der Waals surface area contributed by atoms with Crippen molar-refractivity contribution >= 4 is 12.6 Å². The number of rotatable bonds is 7. The van der Waals surface area contributed by atoms with Gasteiger partial charge in [0.05, 0.1) is 6.61 Å². The summed E-state index contributed by atoms with van der Waals surface area (Å²) < 4.78 is 5.64. The Morgan fingerprint density at radius 2 is 2.19 bits per heavy atom. The van der Waals surface area contributed by atoms with E-state index in [9.17, 15) is 0 Å². The molecule has 0 heterocycles. The highest BCUT2D eigenvalue weighted by Crippen LogP contribution is 2.13. The van der Waals surface area contributed by atoms with Crippen molar-refractivity contribution in [1.82, 2.24) is 0 Å². The third-order valence-electron chi connectivity index (χ3n) is 2.46. The van der Waals surface area contributed by atoms with Crippen LogP contribution in [0.25, 0.3) is 0 Å². The molecule has 0 aliphatic rings. The number of hydrogen-bond donors (Lipinski definition) is 2. The van der Waals surface area contributed by atoms with Crippen molar-refractivity contribution in [3.05, 3.63) is 29.8 Å². The second-order valence-corrected chi connectivity index (χ2v) is 4.47. The maximum Gasteiger partial charge on any atom is 0.119 e. The van der Waals surface area contributed by atoms with Gasteiger partial charge in [-0.15, -0.1) is 0 Å². The van der Waals surface area contributed by atoms with E-state index in [-0.39, 0.29) is 6.04 Å². The fourth-order valence-electron chi connectivity index (χ4n) is 1.50. The molecular weight excluding hydrogens is 218 g/mol. The Morgan fingerprint density at radius 3 is 2.88 bits per heavy atom. The van der Waals surface area contributed by atoms with E-state index in [1.54, 1.807) is 0 Å². The summed E-state index contributed by atoms with van der Waals surface area (Å²) in [5.41, 5.74) is 7.00. The number of unbranched alkanes of at least 4 members (excludes halogenated alkanes) is 1. The Labute approximate surface area is 104 Å². The average Bonchev–Trinajstić information content (AvgIpc) is 2.28. The largest absolute Gasteiger partial charge is 0.494 e. The van der Waals surface area contributed by atoms with Crippen molar-refractivity contribution in [2.45, 2.75) is 32.2 Å². The molecule has 2 N–H and O–H groups in total. The van der Waals surface area contributed by atoms with Crippen molar-refractivity contribution < 1.29 is 4.74 Å². The van der Waals surface area contributed by atoms with E-state index < -0.39 is 0 Å². The summed E-state index contributed by atoms with van der Waals surface area (Å²) >= 11 is 4.15. The van der Waals surface area contributed by atoms with E-state index in [4.69, 9.17) is 10.5 Å². The van der Waals surface area contributed by atoms with Crippen molar-refractivity contribution in [2.24, 2.45) is 5.73 Å². The van der Waals surface area contributed by atoms with Gasteiger partial charge in [0, 0.05) is 11.8 Å². The first kappa shape index (κ1) is 13.4. The van der Waals surface area contributed by atoms with Gasteiger partial charge in [0.25, 0.3) is 0 Å². The first-order valence-electron chi connectivity index (χ1n) is 5.78. The van der Waals surface area contributed by atoms with Crippen molar-refractivity contribution in [3.8, 4) is 5.75 Å². The molecule has 0 aliphatic carbocycles. The molecule has 1 aromatic rings. The number of aryl methyl sites for hydroxylation is 1. The average molecular weight is 239 g/mol. The lowest BCUT2D eigenvalue weighted by Crippen LogP contribution is -2.21. The predicted molar refractivity (Wildman–Crippen MR) is 72.4 cm³/mol. The molecule has 0 aliphatic heterocycles. The van der Waals surface area contributed by atoms with Crippen molar-refractivity contribution in [3.63, 3.8) is 0 Å². The highest BCUT2D eigenvalue weighted by atomic mass is 32.1. The molecule has 0 radical (unpaired) electrons. The molecule has 1 rings (SSSR count). The molecule has 0 unspecified atom stereocenters. The summed E-state index contributed by atoms with van der Waals surface area (Å²) in [5.74, 6) is 1.72. The molecule has 1 atom stereocenters. The zero-order valence-electron chi connectivity index (χ0n) is 9.86. The van der Waals surface area contributed by atoms with Crippen LogP contribution in [-0.4, -0.2) is 18.4 Å². The molecule has 2 nitrogen and oxygen atoms in total. The summed E-state index contributed by atoms with van der Waals surface area (Å²) in [6, 6.07) is 8.36. The van der Waals surface area contributed by atoms with E-state index in [0.29, 0.717) is 0 Å². The fourth-order valence-corrected chi connectivity index (χ4v) is 1.68. The molecule has 0 spiro atoms. The Bertz CT molecular complexity index is 304. The van der Waals surface area contributed by atoms with Gasteiger partial charge < -0.3 is 10.5 Å². The third kappa shape index (κ3) is 5.42. The van der Waals surface area contributed by atoms with E-state index in [1.807, 2.05) is 12.1 Å². The van der Waals surface area contributed by atoms with Gasteiger partial charge in [-0.2, -0.15) is 12.6 Å². The third-order valence-corrected chi connectivity index (χ3v) is 2.93. The minimum atomic E-state index is 0.224. The summed E-state index contributed by atoms with van der Waals surface area (Å²) in [5, 5.41) is 0. The maximum absolute atomic E-state index is 5.77.